The summed E-state index contributed by atoms with van der Waals surface area (Å²) >= 11 is 0. The second-order valence-corrected chi connectivity index (χ2v) is 3.79. The number of rotatable bonds is 2. The third-order valence-electron chi connectivity index (χ3n) is 1.33. The summed E-state index contributed by atoms with van der Waals surface area (Å²) in [6.45, 7) is 0. The second-order valence-electron chi connectivity index (χ2n) is 2.34. The van der Waals surface area contributed by atoms with Gasteiger partial charge in [0, 0.05) is 6.20 Å². The van der Waals surface area contributed by atoms with Gasteiger partial charge in [-0.05, 0) is 12.1 Å². The molecule has 6 heteroatoms. The maximum atomic E-state index is 10.5. The first kappa shape index (κ1) is 9.64. The highest BCUT2D eigenvalue weighted by Gasteiger charge is 2.11. The van der Waals surface area contributed by atoms with Crippen molar-refractivity contribution in [3.05, 3.63) is 29.6 Å². The lowest BCUT2D eigenvalue weighted by Crippen LogP contribution is -2.05. The maximum absolute atomic E-state index is 10.5. The number of hydrogen-bond acceptors (Lipinski definition) is 4. The molecule has 0 bridgehead atoms. The van der Waals surface area contributed by atoms with Crippen molar-refractivity contribution in [2.75, 3.05) is 0 Å². The molecule has 1 aromatic rings. The van der Waals surface area contributed by atoms with Gasteiger partial charge >= 0.3 is 0 Å². The molecule has 0 aliphatic rings. The van der Waals surface area contributed by atoms with Crippen LogP contribution in [0.25, 0.3) is 0 Å². The van der Waals surface area contributed by atoms with Crippen LogP contribution in [0.15, 0.2) is 18.3 Å². The fraction of sp³-hybridized carbons (Fsp3) is 0.143. The van der Waals surface area contributed by atoms with Gasteiger partial charge in [-0.2, -0.15) is 13.7 Å². The number of nitriles is 1. The van der Waals surface area contributed by atoms with Gasteiger partial charge in [-0.1, -0.05) is 0 Å². The minimum Gasteiger partial charge on any atom is -0.285 e. The van der Waals surface area contributed by atoms with Gasteiger partial charge in [0.2, 0.25) is 0 Å². The van der Waals surface area contributed by atoms with Crippen LogP contribution >= 0.6 is 0 Å². The molecule has 0 saturated carbocycles. The smallest absolute Gasteiger partial charge is 0.270 e. The fourth-order valence-electron chi connectivity index (χ4n) is 0.828. The van der Waals surface area contributed by atoms with E-state index in [9.17, 15) is 8.42 Å². The average Bonchev–Trinajstić information content (AvgIpc) is 2.02. The van der Waals surface area contributed by atoms with E-state index in [1.165, 1.54) is 18.3 Å². The van der Waals surface area contributed by atoms with E-state index in [1.54, 1.807) is 6.07 Å². The monoisotopic (exact) mass is 198 g/mol. The van der Waals surface area contributed by atoms with E-state index in [0.29, 0.717) is 0 Å². The predicted molar refractivity (Wildman–Crippen MR) is 44.2 cm³/mol. The van der Waals surface area contributed by atoms with Crippen LogP contribution in [0.5, 0.6) is 0 Å². The van der Waals surface area contributed by atoms with E-state index in [1.807, 2.05) is 0 Å². The molecule has 0 saturated heterocycles. The molecule has 0 unspecified atom stereocenters. The quantitative estimate of drug-likeness (QED) is 0.692. The Bertz CT molecular complexity index is 447. The van der Waals surface area contributed by atoms with Crippen molar-refractivity contribution in [3.63, 3.8) is 0 Å². The van der Waals surface area contributed by atoms with Gasteiger partial charge in [0.25, 0.3) is 10.1 Å². The molecule has 0 fully saturated rings. The molecule has 1 heterocycles. The molecule has 0 aliphatic carbocycles. The summed E-state index contributed by atoms with van der Waals surface area (Å²) in [5.41, 5.74) is 0.215. The van der Waals surface area contributed by atoms with E-state index in [4.69, 9.17) is 9.81 Å². The Labute approximate surface area is 75.4 Å². The van der Waals surface area contributed by atoms with Crippen molar-refractivity contribution in [3.8, 4) is 6.07 Å². The predicted octanol–water partition coefficient (Wildman–Crippen LogP) is 0.341. The lowest BCUT2D eigenvalue weighted by molar-refractivity contribution is 0.481. The van der Waals surface area contributed by atoms with Crippen LogP contribution in [0, 0.1) is 11.3 Å². The summed E-state index contributed by atoms with van der Waals surface area (Å²) in [5, 5.41) is 8.55. The van der Waals surface area contributed by atoms with Gasteiger partial charge in [-0.3, -0.25) is 9.54 Å². The zero-order valence-electron chi connectivity index (χ0n) is 6.51. The van der Waals surface area contributed by atoms with Crippen LogP contribution < -0.4 is 0 Å². The zero-order valence-corrected chi connectivity index (χ0v) is 7.32. The summed E-state index contributed by atoms with van der Waals surface area (Å²) < 4.78 is 29.5. The van der Waals surface area contributed by atoms with E-state index in [-0.39, 0.29) is 11.3 Å². The minimum atomic E-state index is -4.12. The van der Waals surface area contributed by atoms with Crippen LogP contribution in [0.4, 0.5) is 0 Å². The highest BCUT2D eigenvalue weighted by molar-refractivity contribution is 7.85. The van der Waals surface area contributed by atoms with Gasteiger partial charge in [0.15, 0.2) is 0 Å². The van der Waals surface area contributed by atoms with Crippen molar-refractivity contribution in [2.45, 2.75) is 5.75 Å². The van der Waals surface area contributed by atoms with Gasteiger partial charge < -0.3 is 0 Å². The molecule has 0 aromatic carbocycles. The normalized spacial score (nSPS) is 10.8. The maximum Gasteiger partial charge on any atom is 0.270 e. The van der Waals surface area contributed by atoms with E-state index >= 15 is 0 Å². The van der Waals surface area contributed by atoms with E-state index in [2.05, 4.69) is 4.98 Å². The number of pyridine rings is 1. The molecule has 0 radical (unpaired) electrons. The number of hydrogen-bond donors (Lipinski definition) is 1. The Hall–Kier alpha value is -1.45. The van der Waals surface area contributed by atoms with Gasteiger partial charge in [-0.15, -0.1) is 0 Å². The third kappa shape index (κ3) is 2.82. The molecule has 5 nitrogen and oxygen atoms in total. The third-order valence-corrected chi connectivity index (χ3v) is 1.97. The molecule has 0 aliphatic heterocycles. The molecule has 68 valence electrons. The van der Waals surface area contributed by atoms with Crippen LogP contribution in [0.3, 0.4) is 0 Å². The summed E-state index contributed by atoms with van der Waals surface area (Å²) in [5.74, 6) is -0.628. The van der Waals surface area contributed by atoms with Crippen molar-refractivity contribution >= 4 is 10.1 Å². The lowest BCUT2D eigenvalue weighted by Gasteiger charge is -1.98. The Kier molecular flexibility index (Phi) is 2.60. The summed E-state index contributed by atoms with van der Waals surface area (Å²) in [4.78, 5) is 3.67. The molecular formula is C7H6N2O3S. The summed E-state index contributed by atoms with van der Waals surface area (Å²) in [7, 11) is -4.12. The zero-order chi connectivity index (χ0) is 9.90. The molecule has 0 amide bonds. The van der Waals surface area contributed by atoms with Crippen LogP contribution in [-0.2, 0) is 15.9 Å². The first-order valence-corrected chi connectivity index (χ1v) is 4.93. The van der Waals surface area contributed by atoms with E-state index in [0.717, 1.165) is 0 Å². The Morgan fingerprint density at radius 1 is 1.62 bits per heavy atom. The second kappa shape index (κ2) is 3.51. The topological polar surface area (TPSA) is 91.0 Å². The van der Waals surface area contributed by atoms with Crippen molar-refractivity contribution in [1.29, 1.82) is 5.26 Å². The largest absolute Gasteiger partial charge is 0.285 e. The van der Waals surface area contributed by atoms with Crippen molar-refractivity contribution < 1.29 is 13.0 Å². The van der Waals surface area contributed by atoms with Crippen molar-refractivity contribution in [1.82, 2.24) is 4.98 Å². The SMILES string of the molecule is N#Cc1cccnc1CS(=O)(=O)O. The molecule has 13 heavy (non-hydrogen) atoms. The number of nitrogens with zero attached hydrogens (tertiary/aromatic N) is 2. The minimum absolute atomic E-state index is 0.0625. The molecule has 0 atom stereocenters. The molecule has 1 N–H and O–H groups in total. The van der Waals surface area contributed by atoms with Crippen molar-refractivity contribution in [2.24, 2.45) is 0 Å². The van der Waals surface area contributed by atoms with Gasteiger partial charge in [0.1, 0.15) is 11.8 Å². The van der Waals surface area contributed by atoms with Crippen LogP contribution in [0.2, 0.25) is 0 Å². The molecule has 0 spiro atoms. The first-order chi connectivity index (χ1) is 6.03. The summed E-state index contributed by atoms with van der Waals surface area (Å²) in [6, 6.07) is 4.74. The van der Waals surface area contributed by atoms with Gasteiger partial charge in [0.05, 0.1) is 11.3 Å². The molecule has 1 aromatic heterocycles. The average molecular weight is 198 g/mol. The van der Waals surface area contributed by atoms with Crippen LogP contribution in [0.1, 0.15) is 11.3 Å². The van der Waals surface area contributed by atoms with E-state index < -0.39 is 15.9 Å². The first-order valence-electron chi connectivity index (χ1n) is 3.32. The molecule has 1 rings (SSSR count). The van der Waals surface area contributed by atoms with Crippen LogP contribution in [-0.4, -0.2) is 18.0 Å². The fourth-order valence-corrected chi connectivity index (χ4v) is 1.40. The molecular weight excluding hydrogens is 192 g/mol. The lowest BCUT2D eigenvalue weighted by atomic mass is 10.2. The highest BCUT2D eigenvalue weighted by Crippen LogP contribution is 2.06. The Morgan fingerprint density at radius 2 is 2.31 bits per heavy atom. The number of aromatic nitrogens is 1. The Morgan fingerprint density at radius 3 is 2.85 bits per heavy atom. The standard InChI is InChI=1S/C7H6N2O3S/c8-4-6-2-1-3-9-7(6)5-13(10,11)12/h1-3H,5H2,(H,10,11,12). The Balaban J connectivity index is 3.10. The van der Waals surface area contributed by atoms with Gasteiger partial charge in [-0.25, -0.2) is 0 Å². The summed E-state index contributed by atoms with van der Waals surface area (Å²) in [6.07, 6.45) is 1.36. The highest BCUT2D eigenvalue weighted by atomic mass is 32.2.